The zero-order valence-electron chi connectivity index (χ0n) is 19.1. The van der Waals surface area contributed by atoms with Gasteiger partial charge in [-0.15, -0.1) is 0 Å². The predicted octanol–water partition coefficient (Wildman–Crippen LogP) is 9.12. The highest BCUT2D eigenvalue weighted by molar-refractivity contribution is 6.23. The van der Waals surface area contributed by atoms with E-state index in [1.165, 1.54) is 32.3 Å². The average molecular weight is 447 g/mol. The lowest BCUT2D eigenvalue weighted by Gasteiger charge is -2.27. The van der Waals surface area contributed by atoms with E-state index < -0.39 is 0 Å². The van der Waals surface area contributed by atoms with E-state index in [-0.39, 0.29) is 0 Å². The van der Waals surface area contributed by atoms with Gasteiger partial charge in [-0.2, -0.15) is 0 Å². The lowest BCUT2D eigenvalue weighted by atomic mass is 9.93. The molecule has 0 aliphatic rings. The summed E-state index contributed by atoms with van der Waals surface area (Å²) in [6, 6.07) is 45.4. The van der Waals surface area contributed by atoms with Crippen molar-refractivity contribution < 1.29 is 0 Å². The van der Waals surface area contributed by atoms with E-state index in [1.54, 1.807) is 0 Å². The van der Waals surface area contributed by atoms with Gasteiger partial charge in [0.2, 0.25) is 0 Å². The molecule has 0 aliphatic carbocycles. The average Bonchev–Trinajstić information content (AvgIpc) is 2.93. The van der Waals surface area contributed by atoms with Crippen molar-refractivity contribution in [2.75, 3.05) is 4.90 Å². The smallest absolute Gasteiger partial charge is 0.0702 e. The van der Waals surface area contributed by atoms with Crippen LogP contribution in [0.5, 0.6) is 0 Å². The highest BCUT2D eigenvalue weighted by Crippen LogP contribution is 2.41. The molecule has 0 atom stereocenters. The van der Waals surface area contributed by atoms with Gasteiger partial charge < -0.3 is 4.90 Å². The van der Waals surface area contributed by atoms with Crippen molar-refractivity contribution >= 4 is 49.4 Å². The minimum Gasteiger partial charge on any atom is -0.310 e. The maximum Gasteiger partial charge on any atom is 0.0702 e. The Bertz CT molecular complexity index is 1730. The second kappa shape index (κ2) is 7.96. The zero-order valence-corrected chi connectivity index (χ0v) is 19.1. The van der Waals surface area contributed by atoms with Gasteiger partial charge in [-0.3, -0.25) is 4.98 Å². The second-order valence-corrected chi connectivity index (χ2v) is 8.91. The van der Waals surface area contributed by atoms with Crippen molar-refractivity contribution in [3.63, 3.8) is 0 Å². The Balaban J connectivity index is 1.47. The Labute approximate surface area is 204 Å². The van der Waals surface area contributed by atoms with Gasteiger partial charge in [-0.25, -0.2) is 0 Å². The Hall–Kier alpha value is -4.69. The monoisotopic (exact) mass is 446 g/mol. The number of para-hydroxylation sites is 1. The molecule has 7 rings (SSSR count). The molecule has 0 fully saturated rings. The first-order valence-corrected chi connectivity index (χ1v) is 11.9. The summed E-state index contributed by atoms with van der Waals surface area (Å²) in [5.41, 5.74) is 5.44. The Kier molecular flexibility index (Phi) is 4.49. The summed E-state index contributed by atoms with van der Waals surface area (Å²) in [4.78, 5) is 6.91. The van der Waals surface area contributed by atoms with E-state index in [0.29, 0.717) is 0 Å². The van der Waals surface area contributed by atoms with Crippen molar-refractivity contribution in [3.05, 3.63) is 134 Å². The first-order chi connectivity index (χ1) is 17.3. The van der Waals surface area contributed by atoms with Gasteiger partial charge in [0.25, 0.3) is 0 Å². The molecule has 2 nitrogen and oxygen atoms in total. The molecule has 0 saturated heterocycles. The normalized spacial score (nSPS) is 11.4. The molecule has 0 aliphatic heterocycles. The molecule has 164 valence electrons. The molecule has 35 heavy (non-hydrogen) atoms. The van der Waals surface area contributed by atoms with E-state index in [2.05, 4.69) is 125 Å². The summed E-state index contributed by atoms with van der Waals surface area (Å²) in [6.45, 7) is 0. The molecule has 2 heteroatoms. The van der Waals surface area contributed by atoms with Crippen molar-refractivity contribution in [1.29, 1.82) is 0 Å². The number of aromatic nitrogens is 1. The number of hydrogen-bond donors (Lipinski definition) is 0. The van der Waals surface area contributed by atoms with E-state index in [4.69, 9.17) is 0 Å². The highest BCUT2D eigenvalue weighted by Gasteiger charge is 2.16. The Morgan fingerprint density at radius 3 is 1.77 bits per heavy atom. The summed E-state index contributed by atoms with van der Waals surface area (Å²) < 4.78 is 0. The van der Waals surface area contributed by atoms with E-state index in [9.17, 15) is 0 Å². The molecule has 6 aromatic carbocycles. The summed E-state index contributed by atoms with van der Waals surface area (Å²) in [7, 11) is 0. The van der Waals surface area contributed by atoms with Crippen LogP contribution in [0.2, 0.25) is 0 Å². The van der Waals surface area contributed by atoms with Crippen molar-refractivity contribution in [2.24, 2.45) is 0 Å². The number of nitrogens with zero attached hydrogens (tertiary/aromatic N) is 2. The first kappa shape index (κ1) is 19.7. The van der Waals surface area contributed by atoms with Crippen LogP contribution in [0.15, 0.2) is 134 Å². The number of hydrogen-bond acceptors (Lipinski definition) is 2. The van der Waals surface area contributed by atoms with Crippen LogP contribution in [0.3, 0.4) is 0 Å². The third-order valence-corrected chi connectivity index (χ3v) is 6.79. The summed E-state index contributed by atoms with van der Waals surface area (Å²) >= 11 is 0. The molecule has 0 radical (unpaired) electrons. The number of anilines is 3. The molecular formula is C33H22N2. The fourth-order valence-electron chi connectivity index (χ4n) is 5.23. The summed E-state index contributed by atoms with van der Waals surface area (Å²) in [5.74, 6) is 0. The van der Waals surface area contributed by atoms with Crippen LogP contribution in [0, 0.1) is 0 Å². The van der Waals surface area contributed by atoms with Crippen LogP contribution in [0.4, 0.5) is 17.1 Å². The number of benzene rings is 6. The van der Waals surface area contributed by atoms with Gasteiger partial charge in [0.05, 0.1) is 5.69 Å². The minimum atomic E-state index is 0.970. The summed E-state index contributed by atoms with van der Waals surface area (Å²) in [5, 5.41) is 7.76. The fourth-order valence-corrected chi connectivity index (χ4v) is 5.23. The SMILES string of the molecule is c1ccc(N(c2cccc(-c3ccccn3)c2)c2cc3ccc4cccc5ccc(c2)c3c45)cc1. The molecule has 0 amide bonds. The highest BCUT2D eigenvalue weighted by atomic mass is 15.1. The molecule has 1 aromatic heterocycles. The van der Waals surface area contributed by atoms with Gasteiger partial charge in [0.15, 0.2) is 0 Å². The van der Waals surface area contributed by atoms with Crippen LogP contribution in [0.1, 0.15) is 0 Å². The molecule has 0 saturated carbocycles. The molecule has 7 aromatic rings. The molecule has 0 bridgehead atoms. The van der Waals surface area contributed by atoms with Crippen molar-refractivity contribution in [3.8, 4) is 11.3 Å². The van der Waals surface area contributed by atoms with Gasteiger partial charge in [-0.1, -0.05) is 78.9 Å². The zero-order chi connectivity index (χ0) is 23.2. The molecule has 1 heterocycles. The first-order valence-electron chi connectivity index (χ1n) is 11.9. The van der Waals surface area contributed by atoms with Crippen molar-refractivity contribution in [2.45, 2.75) is 0 Å². The summed E-state index contributed by atoms with van der Waals surface area (Å²) in [6.07, 6.45) is 1.84. The van der Waals surface area contributed by atoms with Crippen LogP contribution >= 0.6 is 0 Å². The maximum atomic E-state index is 4.57. The van der Waals surface area contributed by atoms with Gasteiger partial charge in [0, 0.05) is 28.8 Å². The standard InChI is InChI=1S/C33H22N2/c1-2-11-28(12-3-1)35(29-13-7-10-25(20-29)31-14-4-5-19-34-31)30-21-26-17-15-23-8-6-9-24-16-18-27(22-30)33(26)32(23)24/h1-22H. The molecular weight excluding hydrogens is 424 g/mol. The lowest BCUT2D eigenvalue weighted by Crippen LogP contribution is -2.10. The fraction of sp³-hybridized carbons (Fsp3) is 0. The van der Waals surface area contributed by atoms with Crippen LogP contribution in [-0.4, -0.2) is 4.98 Å². The van der Waals surface area contributed by atoms with Crippen molar-refractivity contribution in [1.82, 2.24) is 4.98 Å². The lowest BCUT2D eigenvalue weighted by molar-refractivity contribution is 1.28. The Morgan fingerprint density at radius 1 is 0.429 bits per heavy atom. The largest absolute Gasteiger partial charge is 0.310 e. The quantitative estimate of drug-likeness (QED) is 0.251. The van der Waals surface area contributed by atoms with E-state index >= 15 is 0 Å². The molecule has 0 spiro atoms. The number of rotatable bonds is 4. The molecule has 0 N–H and O–H groups in total. The Morgan fingerprint density at radius 2 is 1.06 bits per heavy atom. The number of pyridine rings is 1. The van der Waals surface area contributed by atoms with E-state index in [1.807, 2.05) is 18.3 Å². The third-order valence-electron chi connectivity index (χ3n) is 6.79. The van der Waals surface area contributed by atoms with E-state index in [0.717, 1.165) is 28.3 Å². The van der Waals surface area contributed by atoms with Crippen LogP contribution in [-0.2, 0) is 0 Å². The third kappa shape index (κ3) is 3.31. The topological polar surface area (TPSA) is 16.1 Å². The van der Waals surface area contributed by atoms with Gasteiger partial charge >= 0.3 is 0 Å². The van der Waals surface area contributed by atoms with Crippen LogP contribution in [0.25, 0.3) is 43.6 Å². The minimum absolute atomic E-state index is 0.970. The van der Waals surface area contributed by atoms with Gasteiger partial charge in [-0.05, 0) is 80.8 Å². The second-order valence-electron chi connectivity index (χ2n) is 8.91. The van der Waals surface area contributed by atoms with Gasteiger partial charge in [0.1, 0.15) is 0 Å². The van der Waals surface area contributed by atoms with Crippen LogP contribution < -0.4 is 4.90 Å². The molecule has 0 unspecified atom stereocenters. The maximum absolute atomic E-state index is 4.57. The predicted molar refractivity (Wildman–Crippen MR) is 148 cm³/mol.